The summed E-state index contributed by atoms with van der Waals surface area (Å²) in [6.45, 7) is 5.43. The maximum Gasteiger partial charge on any atom is 0.128 e. The van der Waals surface area contributed by atoms with Crippen molar-refractivity contribution in [2.45, 2.75) is 19.4 Å². The van der Waals surface area contributed by atoms with Gasteiger partial charge in [-0.25, -0.2) is 0 Å². The van der Waals surface area contributed by atoms with Crippen molar-refractivity contribution in [3.05, 3.63) is 71.3 Å². The highest BCUT2D eigenvalue weighted by molar-refractivity contribution is 5.79. The number of nitrogens with one attached hydrogen (secondary N) is 1. The first kappa shape index (κ1) is 20.0. The van der Waals surface area contributed by atoms with E-state index in [1.807, 2.05) is 19.1 Å². The molecule has 27 heavy (non-hydrogen) atoms. The highest BCUT2D eigenvalue weighted by Gasteiger charge is 2.21. The lowest BCUT2D eigenvalue weighted by Crippen LogP contribution is -2.34. The normalized spacial score (nSPS) is 11.3. The first-order chi connectivity index (χ1) is 13.0. The Morgan fingerprint density at radius 2 is 2.11 bits per heavy atom. The maximum atomic E-state index is 11.9. The summed E-state index contributed by atoms with van der Waals surface area (Å²) in [7, 11) is 0. The highest BCUT2D eigenvalue weighted by atomic mass is 16.5. The smallest absolute Gasteiger partial charge is 0.128 e. The molecule has 1 unspecified atom stereocenters. The minimum Gasteiger partial charge on any atom is -0.548 e. The van der Waals surface area contributed by atoms with E-state index in [0.717, 1.165) is 11.1 Å². The number of hydrogen-bond acceptors (Lipinski definition) is 6. The molecule has 0 aliphatic rings. The van der Waals surface area contributed by atoms with E-state index < -0.39 is 12.0 Å². The van der Waals surface area contributed by atoms with Crippen molar-refractivity contribution in [2.75, 3.05) is 18.5 Å². The van der Waals surface area contributed by atoms with Crippen molar-refractivity contribution in [3.63, 3.8) is 0 Å². The van der Waals surface area contributed by atoms with Crippen LogP contribution in [0.3, 0.4) is 0 Å². The molecule has 0 spiro atoms. The lowest BCUT2D eigenvalue weighted by Gasteiger charge is -2.26. The second-order valence-corrected chi connectivity index (χ2v) is 5.99. The fraction of sp³-hybridized carbons (Fsp3) is 0.238. The van der Waals surface area contributed by atoms with Crippen LogP contribution in [0, 0.1) is 18.3 Å². The standard InChI is InChI=1S/C21H22N2O4/c1-3-4-16-11-14(2)12-18(20(16)27-10-9-24)19(21(25)26)23-17-7-5-15(13-22)6-8-17/h3,5-8,11-12,19,23-24H,1,4,9-10H2,2H3,(H,25,26)/p-1. The molecule has 0 radical (unpaired) electrons. The monoisotopic (exact) mass is 365 g/mol. The first-order valence-corrected chi connectivity index (χ1v) is 8.45. The van der Waals surface area contributed by atoms with Gasteiger partial charge in [0, 0.05) is 11.3 Å². The fourth-order valence-electron chi connectivity index (χ4n) is 2.79. The molecule has 1 atom stereocenters. The number of ether oxygens (including phenoxy) is 1. The quantitative estimate of drug-likeness (QED) is 0.657. The minimum absolute atomic E-state index is 0.0385. The van der Waals surface area contributed by atoms with Gasteiger partial charge < -0.3 is 25.1 Å². The molecule has 0 fully saturated rings. The number of rotatable bonds is 9. The number of allylic oxidation sites excluding steroid dienone is 1. The van der Waals surface area contributed by atoms with Crippen LogP contribution in [-0.4, -0.2) is 24.3 Å². The average molecular weight is 365 g/mol. The zero-order valence-corrected chi connectivity index (χ0v) is 15.1. The zero-order chi connectivity index (χ0) is 19.8. The first-order valence-electron chi connectivity index (χ1n) is 8.45. The largest absolute Gasteiger partial charge is 0.548 e. The van der Waals surface area contributed by atoms with Crippen LogP contribution in [0.2, 0.25) is 0 Å². The molecular formula is C21H21N2O4-. The van der Waals surface area contributed by atoms with Gasteiger partial charge in [0.2, 0.25) is 0 Å². The number of nitrogens with zero attached hydrogens (tertiary/aromatic N) is 1. The van der Waals surface area contributed by atoms with Crippen LogP contribution in [0.1, 0.15) is 28.3 Å². The van der Waals surface area contributed by atoms with E-state index in [1.165, 1.54) is 0 Å². The Kier molecular flexibility index (Phi) is 6.98. The third-order valence-corrected chi connectivity index (χ3v) is 3.91. The lowest BCUT2D eigenvalue weighted by atomic mass is 9.97. The number of anilines is 1. The third-order valence-electron chi connectivity index (χ3n) is 3.91. The number of carbonyl (C=O) groups excluding carboxylic acids is 1. The number of aryl methyl sites for hydroxylation is 1. The Hall–Kier alpha value is -3.30. The number of carboxylic acid groups (broad SMARTS) is 1. The lowest BCUT2D eigenvalue weighted by molar-refractivity contribution is -0.307. The van der Waals surface area contributed by atoms with Crippen LogP contribution in [-0.2, 0) is 11.2 Å². The molecule has 2 aromatic rings. The summed E-state index contributed by atoms with van der Waals surface area (Å²) in [4.78, 5) is 11.9. The van der Waals surface area contributed by atoms with Gasteiger partial charge in [0.05, 0.1) is 30.3 Å². The number of aliphatic carboxylic acids is 1. The van der Waals surface area contributed by atoms with Gasteiger partial charge in [-0.05, 0) is 49.2 Å². The van der Waals surface area contributed by atoms with E-state index in [4.69, 9.17) is 15.1 Å². The summed E-state index contributed by atoms with van der Waals surface area (Å²) < 4.78 is 5.66. The molecular weight excluding hydrogens is 344 g/mol. The predicted octanol–water partition coefficient (Wildman–Crippen LogP) is 1.87. The van der Waals surface area contributed by atoms with Crippen molar-refractivity contribution < 1.29 is 19.7 Å². The number of aliphatic hydroxyl groups excluding tert-OH is 1. The Labute approximate surface area is 158 Å². The van der Waals surface area contributed by atoms with Crippen LogP contribution < -0.4 is 15.2 Å². The topological polar surface area (TPSA) is 105 Å². The van der Waals surface area contributed by atoms with Crippen LogP contribution in [0.15, 0.2) is 49.1 Å². The Morgan fingerprint density at radius 3 is 2.67 bits per heavy atom. The van der Waals surface area contributed by atoms with Crippen molar-refractivity contribution in [2.24, 2.45) is 0 Å². The number of carbonyl (C=O) groups is 1. The molecule has 0 amide bonds. The van der Waals surface area contributed by atoms with Gasteiger partial charge in [-0.2, -0.15) is 5.26 Å². The molecule has 140 valence electrons. The molecule has 2 rings (SSSR count). The highest BCUT2D eigenvalue weighted by Crippen LogP contribution is 2.33. The molecule has 2 N–H and O–H groups in total. The van der Waals surface area contributed by atoms with E-state index in [1.54, 1.807) is 36.4 Å². The van der Waals surface area contributed by atoms with Crippen LogP contribution in [0.4, 0.5) is 5.69 Å². The van der Waals surface area contributed by atoms with Crippen molar-refractivity contribution in [3.8, 4) is 11.8 Å². The van der Waals surface area contributed by atoms with E-state index in [9.17, 15) is 9.90 Å². The van der Waals surface area contributed by atoms with Gasteiger partial charge in [-0.1, -0.05) is 17.7 Å². The number of aliphatic hydroxyl groups is 1. The molecule has 2 aromatic carbocycles. The third kappa shape index (κ3) is 5.09. The Bertz CT molecular complexity index is 854. The molecule has 0 aliphatic carbocycles. The molecule has 0 aromatic heterocycles. The van der Waals surface area contributed by atoms with Gasteiger partial charge in [0.1, 0.15) is 12.4 Å². The molecule has 0 saturated heterocycles. The number of hydrogen-bond donors (Lipinski definition) is 2. The van der Waals surface area contributed by atoms with Gasteiger partial charge >= 0.3 is 0 Å². The summed E-state index contributed by atoms with van der Waals surface area (Å²) in [5.41, 5.74) is 3.06. The van der Waals surface area contributed by atoms with Crippen molar-refractivity contribution in [1.82, 2.24) is 0 Å². The Morgan fingerprint density at radius 1 is 1.41 bits per heavy atom. The second kappa shape index (κ2) is 9.41. The van der Waals surface area contributed by atoms with Gasteiger partial charge in [-0.3, -0.25) is 0 Å². The van der Waals surface area contributed by atoms with E-state index in [2.05, 4.69) is 11.9 Å². The van der Waals surface area contributed by atoms with Gasteiger partial charge in [0.25, 0.3) is 0 Å². The van der Waals surface area contributed by atoms with Gasteiger partial charge in [0.15, 0.2) is 0 Å². The fourth-order valence-corrected chi connectivity index (χ4v) is 2.79. The van der Waals surface area contributed by atoms with E-state index in [-0.39, 0.29) is 13.2 Å². The van der Waals surface area contributed by atoms with Crippen molar-refractivity contribution >= 4 is 11.7 Å². The van der Waals surface area contributed by atoms with Crippen LogP contribution >= 0.6 is 0 Å². The molecule has 0 aliphatic heterocycles. The van der Waals surface area contributed by atoms with Crippen molar-refractivity contribution in [1.29, 1.82) is 5.26 Å². The summed E-state index contributed by atoms with van der Waals surface area (Å²) in [5.74, 6) is -0.923. The average Bonchev–Trinajstić information content (AvgIpc) is 2.65. The molecule has 0 saturated carbocycles. The molecule has 0 bridgehead atoms. The summed E-state index contributed by atoms with van der Waals surface area (Å²) in [6.07, 6.45) is 2.19. The maximum absolute atomic E-state index is 11.9. The van der Waals surface area contributed by atoms with E-state index >= 15 is 0 Å². The predicted molar refractivity (Wildman–Crippen MR) is 100 cm³/mol. The van der Waals surface area contributed by atoms with E-state index in [0.29, 0.717) is 29.0 Å². The summed E-state index contributed by atoms with van der Waals surface area (Å²) in [5, 5.41) is 32.8. The molecule has 0 heterocycles. The Balaban J connectivity index is 2.49. The summed E-state index contributed by atoms with van der Waals surface area (Å²) in [6, 6.07) is 10.9. The van der Waals surface area contributed by atoms with Gasteiger partial charge in [-0.15, -0.1) is 6.58 Å². The second-order valence-electron chi connectivity index (χ2n) is 5.99. The van der Waals surface area contributed by atoms with Crippen LogP contribution in [0.25, 0.3) is 0 Å². The SMILES string of the molecule is C=CCc1cc(C)cc(C(Nc2ccc(C#N)cc2)C(=O)[O-])c1OCCO. The summed E-state index contributed by atoms with van der Waals surface area (Å²) >= 11 is 0. The zero-order valence-electron chi connectivity index (χ0n) is 15.1. The molecule has 6 heteroatoms. The number of carboxylic acids is 1. The number of benzene rings is 2. The number of nitriles is 1. The molecule has 6 nitrogen and oxygen atoms in total. The minimum atomic E-state index is -1.32. The van der Waals surface area contributed by atoms with Crippen LogP contribution in [0.5, 0.6) is 5.75 Å².